The van der Waals surface area contributed by atoms with Gasteiger partial charge >= 0.3 is 0 Å². The van der Waals surface area contributed by atoms with E-state index >= 15 is 0 Å². The summed E-state index contributed by atoms with van der Waals surface area (Å²) in [7, 11) is 3.13. The van der Waals surface area contributed by atoms with Gasteiger partial charge in [-0.05, 0) is 42.3 Å². The summed E-state index contributed by atoms with van der Waals surface area (Å²) in [4.78, 5) is 27.7. The maximum Gasteiger partial charge on any atom is 0.242 e. The summed E-state index contributed by atoms with van der Waals surface area (Å²) in [5.41, 5.74) is 1.27. The van der Waals surface area contributed by atoms with Gasteiger partial charge in [-0.3, -0.25) is 9.59 Å². The average Bonchev–Trinajstić information content (AvgIpc) is 2.90. The first-order chi connectivity index (χ1) is 17.0. The first-order valence-electron chi connectivity index (χ1n) is 11.6. The predicted octanol–water partition coefficient (Wildman–Crippen LogP) is 4.38. The number of methoxy groups -OCH3 is 1. The summed E-state index contributed by atoms with van der Waals surface area (Å²) in [6.07, 6.45) is 0.931. The van der Waals surface area contributed by atoms with E-state index in [1.165, 1.54) is 18.0 Å². The summed E-state index contributed by atoms with van der Waals surface area (Å²) in [6, 6.07) is 22.2. The van der Waals surface area contributed by atoms with Crippen molar-refractivity contribution in [3.63, 3.8) is 0 Å². The number of likely N-dealkylation sites (N-methyl/N-ethyl adjacent to an activating group) is 1. The number of hydrogen-bond acceptors (Lipinski definition) is 4. The molecule has 0 radical (unpaired) electrons. The summed E-state index contributed by atoms with van der Waals surface area (Å²) in [5, 5.41) is 2.66. The fourth-order valence-electron chi connectivity index (χ4n) is 3.76. The van der Waals surface area contributed by atoms with Gasteiger partial charge in [0.15, 0.2) is 0 Å². The zero-order chi connectivity index (χ0) is 25.0. The summed E-state index contributed by atoms with van der Waals surface area (Å²) in [6.45, 7) is 0.324. The second-order valence-corrected chi connectivity index (χ2v) is 8.06. The maximum absolute atomic E-state index is 14.5. The van der Waals surface area contributed by atoms with Gasteiger partial charge in [0.1, 0.15) is 23.4 Å². The molecule has 0 saturated heterocycles. The van der Waals surface area contributed by atoms with Gasteiger partial charge in [0.05, 0.1) is 13.7 Å². The molecule has 0 aliphatic heterocycles. The Labute approximate surface area is 205 Å². The van der Waals surface area contributed by atoms with Crippen molar-refractivity contribution in [2.24, 2.45) is 0 Å². The molecule has 0 fully saturated rings. The van der Waals surface area contributed by atoms with Crippen LogP contribution in [0.1, 0.15) is 24.0 Å². The lowest BCUT2D eigenvalue weighted by Gasteiger charge is -2.31. The highest BCUT2D eigenvalue weighted by molar-refractivity contribution is 5.87. The Bertz CT molecular complexity index is 1090. The molecule has 3 rings (SSSR count). The van der Waals surface area contributed by atoms with Crippen molar-refractivity contribution in [3.8, 4) is 11.5 Å². The lowest BCUT2D eigenvalue weighted by molar-refractivity contribution is -0.141. The molecule has 0 aliphatic carbocycles. The number of benzene rings is 3. The average molecular weight is 479 g/mol. The molecule has 0 saturated carbocycles. The Hall–Kier alpha value is -3.87. The van der Waals surface area contributed by atoms with E-state index in [1.54, 1.807) is 49.6 Å². The Morgan fingerprint density at radius 1 is 0.943 bits per heavy atom. The monoisotopic (exact) mass is 478 g/mol. The predicted molar refractivity (Wildman–Crippen MR) is 133 cm³/mol. The molecule has 6 nitrogen and oxygen atoms in total. The Morgan fingerprint density at radius 2 is 1.60 bits per heavy atom. The van der Waals surface area contributed by atoms with E-state index in [0.29, 0.717) is 30.8 Å². The van der Waals surface area contributed by atoms with Crippen molar-refractivity contribution in [3.05, 3.63) is 95.8 Å². The first-order valence-corrected chi connectivity index (χ1v) is 11.6. The second-order valence-electron chi connectivity index (χ2n) is 8.06. The van der Waals surface area contributed by atoms with Crippen LogP contribution in [0.5, 0.6) is 11.5 Å². The van der Waals surface area contributed by atoms with Gasteiger partial charge in [0.2, 0.25) is 11.8 Å². The maximum atomic E-state index is 14.5. The molecule has 0 heterocycles. The third kappa shape index (κ3) is 7.57. The molecule has 0 bridgehead atoms. The standard InChI is InChI=1S/C28H31FN2O4/c1-30-28(33)26(19-21-9-4-3-5-10-21)31(20-22-11-6-7-12-25(22)29)27(32)13-8-18-35-24-16-14-23(34-2)15-17-24/h3-7,9-12,14-17,26H,8,13,18-20H2,1-2H3,(H,30,33)/t26-/m1/s1. The third-order valence-corrected chi connectivity index (χ3v) is 5.68. The minimum atomic E-state index is -0.781. The lowest BCUT2D eigenvalue weighted by atomic mass is 10.0. The van der Waals surface area contributed by atoms with Gasteiger partial charge < -0.3 is 19.7 Å². The van der Waals surface area contributed by atoms with Crippen LogP contribution in [0, 0.1) is 5.82 Å². The summed E-state index contributed by atoms with van der Waals surface area (Å²) in [5.74, 6) is 0.455. The lowest BCUT2D eigenvalue weighted by Crippen LogP contribution is -2.49. The van der Waals surface area contributed by atoms with Crippen LogP contribution in [0.25, 0.3) is 0 Å². The van der Waals surface area contributed by atoms with Crippen LogP contribution >= 0.6 is 0 Å². The van der Waals surface area contributed by atoms with Gasteiger partial charge in [-0.15, -0.1) is 0 Å². The van der Waals surface area contributed by atoms with Gasteiger partial charge in [-0.25, -0.2) is 4.39 Å². The van der Waals surface area contributed by atoms with E-state index in [0.717, 1.165) is 11.3 Å². The highest BCUT2D eigenvalue weighted by Crippen LogP contribution is 2.19. The number of carbonyl (C=O) groups is 2. The summed E-state index contributed by atoms with van der Waals surface area (Å²) >= 11 is 0. The first kappa shape index (κ1) is 25.7. The SMILES string of the molecule is CNC(=O)[C@@H](Cc1ccccc1)N(Cc1ccccc1F)C(=O)CCCOc1ccc(OC)cc1. The minimum Gasteiger partial charge on any atom is -0.497 e. The number of nitrogens with zero attached hydrogens (tertiary/aromatic N) is 1. The van der Waals surface area contributed by atoms with Gasteiger partial charge in [-0.2, -0.15) is 0 Å². The number of carbonyl (C=O) groups excluding carboxylic acids is 2. The number of hydrogen-bond donors (Lipinski definition) is 1. The Morgan fingerprint density at radius 3 is 2.26 bits per heavy atom. The van der Waals surface area contributed by atoms with Crippen LogP contribution < -0.4 is 14.8 Å². The number of rotatable bonds is 12. The van der Waals surface area contributed by atoms with Crippen molar-refractivity contribution in [2.45, 2.75) is 31.8 Å². The molecule has 35 heavy (non-hydrogen) atoms. The van der Waals surface area contributed by atoms with Gasteiger partial charge in [-0.1, -0.05) is 48.5 Å². The fraction of sp³-hybridized carbons (Fsp3) is 0.286. The molecule has 0 aromatic heterocycles. The molecular weight excluding hydrogens is 447 g/mol. The molecule has 3 aromatic carbocycles. The molecule has 3 aromatic rings. The van der Waals surface area contributed by atoms with E-state index in [1.807, 2.05) is 30.3 Å². The molecule has 0 aliphatic rings. The molecule has 184 valence electrons. The Kier molecular flexibility index (Phi) is 9.66. The second kappa shape index (κ2) is 13.1. The largest absolute Gasteiger partial charge is 0.497 e. The van der Waals surface area contributed by atoms with Crippen molar-refractivity contribution < 1.29 is 23.5 Å². The molecule has 0 unspecified atom stereocenters. The highest BCUT2D eigenvalue weighted by Gasteiger charge is 2.30. The van der Waals surface area contributed by atoms with Crippen LogP contribution in [-0.2, 0) is 22.6 Å². The number of halogens is 1. The zero-order valence-electron chi connectivity index (χ0n) is 20.1. The number of nitrogens with one attached hydrogen (secondary N) is 1. The van der Waals surface area contributed by atoms with Crippen molar-refractivity contribution >= 4 is 11.8 Å². The Balaban J connectivity index is 1.73. The minimum absolute atomic E-state index is 0.00420. The van der Waals surface area contributed by atoms with Crippen molar-refractivity contribution in [1.82, 2.24) is 10.2 Å². The number of amides is 2. The van der Waals surface area contributed by atoms with Crippen LogP contribution in [0.15, 0.2) is 78.9 Å². The van der Waals surface area contributed by atoms with E-state index in [-0.39, 0.29) is 24.8 Å². The molecule has 7 heteroatoms. The molecule has 2 amide bonds. The van der Waals surface area contributed by atoms with Crippen LogP contribution in [0.3, 0.4) is 0 Å². The number of ether oxygens (including phenoxy) is 2. The van der Waals surface area contributed by atoms with Crippen LogP contribution in [0.4, 0.5) is 4.39 Å². The smallest absolute Gasteiger partial charge is 0.242 e. The zero-order valence-corrected chi connectivity index (χ0v) is 20.1. The van der Waals surface area contributed by atoms with E-state index < -0.39 is 11.9 Å². The normalized spacial score (nSPS) is 11.4. The van der Waals surface area contributed by atoms with Gasteiger partial charge in [0.25, 0.3) is 0 Å². The van der Waals surface area contributed by atoms with Gasteiger partial charge in [0, 0.05) is 32.0 Å². The fourth-order valence-corrected chi connectivity index (χ4v) is 3.76. The van der Waals surface area contributed by atoms with Crippen molar-refractivity contribution in [1.29, 1.82) is 0 Å². The third-order valence-electron chi connectivity index (χ3n) is 5.68. The van der Waals surface area contributed by atoms with Crippen LogP contribution in [0.2, 0.25) is 0 Å². The van der Waals surface area contributed by atoms with E-state index in [4.69, 9.17) is 9.47 Å². The molecule has 1 atom stereocenters. The van der Waals surface area contributed by atoms with Crippen LogP contribution in [-0.4, -0.2) is 43.5 Å². The van der Waals surface area contributed by atoms with E-state index in [2.05, 4.69) is 5.32 Å². The highest BCUT2D eigenvalue weighted by atomic mass is 19.1. The van der Waals surface area contributed by atoms with Crippen molar-refractivity contribution in [2.75, 3.05) is 20.8 Å². The van der Waals surface area contributed by atoms with E-state index in [9.17, 15) is 14.0 Å². The molecule has 1 N–H and O–H groups in total. The summed E-state index contributed by atoms with van der Waals surface area (Å²) < 4.78 is 25.3. The molecule has 0 spiro atoms. The topological polar surface area (TPSA) is 67.9 Å². The quantitative estimate of drug-likeness (QED) is 0.393. The molecular formula is C28H31FN2O4.